The normalized spacial score (nSPS) is 11.7. The summed E-state index contributed by atoms with van der Waals surface area (Å²) in [7, 11) is 1.03. The van der Waals surface area contributed by atoms with Gasteiger partial charge in [0.15, 0.2) is 17.3 Å². The third kappa shape index (κ3) is 2.87. The number of methoxy groups -OCH3 is 2. The van der Waals surface area contributed by atoms with Crippen LogP contribution >= 0.6 is 0 Å². The second-order valence-corrected chi connectivity index (χ2v) is 5.34. The van der Waals surface area contributed by atoms with Gasteiger partial charge in [0.2, 0.25) is 0 Å². The first kappa shape index (κ1) is 15.0. The molecule has 110 valence electrons. The Balaban J connectivity index is 2.43. The van der Waals surface area contributed by atoms with Crippen molar-refractivity contribution in [2.75, 3.05) is 14.2 Å². The van der Waals surface area contributed by atoms with Crippen molar-refractivity contribution in [3.63, 3.8) is 0 Å². The van der Waals surface area contributed by atoms with Crippen LogP contribution in [0, 0.1) is 0 Å². The molecular formula is C14H13NO5S. The molecule has 0 saturated heterocycles. The van der Waals surface area contributed by atoms with Crippen molar-refractivity contribution < 1.29 is 23.3 Å². The fraction of sp³-hybridized carbons (Fsp3) is 0.143. The predicted octanol–water partition coefficient (Wildman–Crippen LogP) is 1.67. The number of ether oxygens (including phenoxy) is 2. The highest BCUT2D eigenvalue weighted by atomic mass is 32.2. The summed E-state index contributed by atoms with van der Waals surface area (Å²) in [5, 5.41) is 0. The zero-order valence-corrected chi connectivity index (χ0v) is 12.3. The highest BCUT2D eigenvalue weighted by Gasteiger charge is 2.17. The number of benzene rings is 1. The molecule has 0 fully saturated rings. The quantitative estimate of drug-likeness (QED) is 0.620. The fourth-order valence-electron chi connectivity index (χ4n) is 1.80. The van der Waals surface area contributed by atoms with Crippen LogP contribution in [0.25, 0.3) is 0 Å². The Morgan fingerprint density at radius 3 is 2.67 bits per heavy atom. The number of carbonyl (C=O) groups is 2. The molecule has 0 saturated carbocycles. The monoisotopic (exact) mass is 307 g/mol. The van der Waals surface area contributed by atoms with Crippen LogP contribution in [0.3, 0.4) is 0 Å². The molecule has 0 aliphatic heterocycles. The smallest absolute Gasteiger partial charge is 0.355 e. The largest absolute Gasteiger partial charge is 0.496 e. The van der Waals surface area contributed by atoms with E-state index in [-0.39, 0.29) is 11.3 Å². The third-order valence-electron chi connectivity index (χ3n) is 2.82. The maximum Gasteiger partial charge on any atom is 0.355 e. The van der Waals surface area contributed by atoms with Crippen molar-refractivity contribution in [3.8, 4) is 5.75 Å². The Morgan fingerprint density at radius 1 is 1.29 bits per heavy atom. The summed E-state index contributed by atoms with van der Waals surface area (Å²) < 4.78 is 23.5. The van der Waals surface area contributed by atoms with Gasteiger partial charge in [0, 0.05) is 6.20 Å². The van der Waals surface area contributed by atoms with Crippen LogP contribution < -0.4 is 4.74 Å². The van der Waals surface area contributed by atoms with E-state index in [1.54, 1.807) is 18.2 Å². The number of hydrogen-bond donors (Lipinski definition) is 0. The van der Waals surface area contributed by atoms with Crippen molar-refractivity contribution in [2.24, 2.45) is 0 Å². The van der Waals surface area contributed by atoms with E-state index < -0.39 is 17.0 Å². The minimum absolute atomic E-state index is 0.166. The van der Waals surface area contributed by atoms with E-state index in [2.05, 4.69) is 4.74 Å². The summed E-state index contributed by atoms with van der Waals surface area (Å²) in [5.74, 6) is -0.191. The second-order valence-electron chi connectivity index (χ2n) is 3.98. The van der Waals surface area contributed by atoms with E-state index in [9.17, 15) is 13.8 Å². The molecule has 21 heavy (non-hydrogen) atoms. The van der Waals surface area contributed by atoms with E-state index in [0.717, 1.165) is 0 Å². The lowest BCUT2D eigenvalue weighted by Crippen LogP contribution is -2.13. The van der Waals surface area contributed by atoms with Crippen LogP contribution in [0.15, 0.2) is 41.4 Å². The molecule has 1 unspecified atom stereocenters. The summed E-state index contributed by atoms with van der Waals surface area (Å²) in [5.41, 5.74) is 0.453. The van der Waals surface area contributed by atoms with Gasteiger partial charge in [0.05, 0.1) is 24.7 Å². The Kier molecular flexibility index (Phi) is 4.54. The number of carbonyl (C=O) groups excluding carboxylic acids is 2. The van der Waals surface area contributed by atoms with Gasteiger partial charge in [-0.3, -0.25) is 8.77 Å². The molecule has 0 radical (unpaired) electrons. The average molecular weight is 307 g/mol. The molecule has 2 rings (SSSR count). The van der Waals surface area contributed by atoms with Gasteiger partial charge in [-0.2, -0.15) is 0 Å². The topological polar surface area (TPSA) is 74.6 Å². The van der Waals surface area contributed by atoms with Crippen molar-refractivity contribution >= 4 is 23.2 Å². The fourth-order valence-corrected chi connectivity index (χ4v) is 2.93. The molecule has 1 heterocycles. The van der Waals surface area contributed by atoms with E-state index in [4.69, 9.17) is 4.74 Å². The Hall–Kier alpha value is -2.41. The minimum Gasteiger partial charge on any atom is -0.496 e. The van der Waals surface area contributed by atoms with Gasteiger partial charge in [-0.15, -0.1) is 0 Å². The number of aromatic nitrogens is 1. The van der Waals surface area contributed by atoms with Gasteiger partial charge >= 0.3 is 5.97 Å². The van der Waals surface area contributed by atoms with Gasteiger partial charge in [-0.25, -0.2) is 9.00 Å². The molecule has 0 bridgehead atoms. The van der Waals surface area contributed by atoms with Crippen molar-refractivity contribution in [2.45, 2.75) is 4.90 Å². The number of rotatable bonds is 5. The summed E-state index contributed by atoms with van der Waals surface area (Å²) in [6, 6.07) is 7.69. The Morgan fingerprint density at radius 2 is 2.05 bits per heavy atom. The summed E-state index contributed by atoms with van der Waals surface area (Å²) in [4.78, 5) is 23.0. The van der Waals surface area contributed by atoms with E-state index in [0.29, 0.717) is 16.9 Å². The lowest BCUT2D eigenvalue weighted by molar-refractivity contribution is 0.0593. The molecule has 1 aromatic carbocycles. The first-order chi connectivity index (χ1) is 10.1. The number of aldehydes is 1. The molecule has 0 aliphatic rings. The van der Waals surface area contributed by atoms with Crippen LogP contribution in [-0.4, -0.2) is 34.7 Å². The van der Waals surface area contributed by atoms with Crippen molar-refractivity contribution in [1.29, 1.82) is 0 Å². The van der Waals surface area contributed by atoms with Gasteiger partial charge in [0.1, 0.15) is 11.4 Å². The zero-order valence-electron chi connectivity index (χ0n) is 11.4. The number of nitrogens with zero attached hydrogens (tertiary/aromatic N) is 1. The lowest BCUT2D eigenvalue weighted by atomic mass is 10.2. The molecule has 1 aromatic heterocycles. The zero-order chi connectivity index (χ0) is 15.4. The maximum atomic E-state index is 12.5. The molecule has 0 N–H and O–H groups in total. The van der Waals surface area contributed by atoms with Gasteiger partial charge in [-0.1, -0.05) is 0 Å². The van der Waals surface area contributed by atoms with Crippen LogP contribution in [0.4, 0.5) is 0 Å². The standard InChI is InChI=1S/C14H13NO5S/c1-19-13-6-5-11(8-10(13)9-16)21(18)15-7-3-4-12(15)14(17)20-2/h3-9H,1-2H3. The lowest BCUT2D eigenvalue weighted by Gasteiger charge is -2.09. The summed E-state index contributed by atoms with van der Waals surface area (Å²) in [6.07, 6.45) is 2.13. The first-order valence-electron chi connectivity index (χ1n) is 5.93. The molecule has 2 aromatic rings. The predicted molar refractivity (Wildman–Crippen MR) is 76.0 cm³/mol. The van der Waals surface area contributed by atoms with E-state index >= 15 is 0 Å². The first-order valence-corrected chi connectivity index (χ1v) is 7.04. The van der Waals surface area contributed by atoms with E-state index in [1.807, 2.05) is 0 Å². The van der Waals surface area contributed by atoms with Crippen molar-refractivity contribution in [1.82, 2.24) is 3.97 Å². The molecule has 7 heteroatoms. The summed E-state index contributed by atoms with van der Waals surface area (Å²) >= 11 is 0. The maximum absolute atomic E-state index is 12.5. The average Bonchev–Trinajstić information content (AvgIpc) is 3.02. The van der Waals surface area contributed by atoms with Crippen molar-refractivity contribution in [3.05, 3.63) is 47.8 Å². The molecule has 1 atom stereocenters. The second kappa shape index (κ2) is 6.36. The highest BCUT2D eigenvalue weighted by molar-refractivity contribution is 7.83. The van der Waals surface area contributed by atoms with Crippen LogP contribution in [-0.2, 0) is 15.7 Å². The van der Waals surface area contributed by atoms with Crippen LogP contribution in [0.1, 0.15) is 20.8 Å². The van der Waals surface area contributed by atoms with Crippen LogP contribution in [0.5, 0.6) is 5.75 Å². The molecule has 0 aliphatic carbocycles. The number of esters is 1. The van der Waals surface area contributed by atoms with Crippen LogP contribution in [0.2, 0.25) is 0 Å². The Bertz CT molecular complexity index is 707. The van der Waals surface area contributed by atoms with Gasteiger partial charge in [-0.05, 0) is 30.3 Å². The SMILES string of the molecule is COC(=O)c1cccn1S(=O)c1ccc(OC)c(C=O)c1. The molecule has 0 spiro atoms. The molecular weight excluding hydrogens is 294 g/mol. The molecule has 0 amide bonds. The van der Waals surface area contributed by atoms with Gasteiger partial charge < -0.3 is 9.47 Å². The minimum atomic E-state index is -1.67. The Labute approximate surface area is 123 Å². The number of hydrogen-bond acceptors (Lipinski definition) is 5. The van der Waals surface area contributed by atoms with E-state index in [1.165, 1.54) is 36.5 Å². The third-order valence-corrected chi connectivity index (χ3v) is 4.15. The molecule has 6 nitrogen and oxygen atoms in total. The highest BCUT2D eigenvalue weighted by Crippen LogP contribution is 2.21. The van der Waals surface area contributed by atoms with Gasteiger partial charge in [0.25, 0.3) is 0 Å². The summed E-state index contributed by atoms with van der Waals surface area (Å²) in [6.45, 7) is 0.